The van der Waals surface area contributed by atoms with Crippen molar-refractivity contribution in [1.82, 2.24) is 0 Å². The molecule has 0 atom stereocenters. The van der Waals surface area contributed by atoms with E-state index in [0.29, 0.717) is 0 Å². The molecule has 0 N–H and O–H groups in total. The second-order valence-electron chi connectivity index (χ2n) is 9.08. The average molecular weight is 466 g/mol. The van der Waals surface area contributed by atoms with Crippen LogP contribution in [0.3, 0.4) is 0 Å². The lowest BCUT2D eigenvalue weighted by Gasteiger charge is -2.29. The monoisotopic (exact) mass is 465 g/mol. The molecule has 6 rings (SSSR count). The summed E-state index contributed by atoms with van der Waals surface area (Å²) in [5.74, 6) is 0.843. The Morgan fingerprint density at radius 2 is 1.22 bits per heavy atom. The van der Waals surface area contributed by atoms with E-state index < -0.39 is 0 Å². The number of nitrogens with zero attached hydrogens (tertiary/aromatic N) is 1. The molecular formula is C34H27NO. The van der Waals surface area contributed by atoms with E-state index in [1.54, 1.807) is 7.11 Å². The minimum Gasteiger partial charge on any atom is -0.497 e. The largest absolute Gasteiger partial charge is 0.497 e. The van der Waals surface area contributed by atoms with E-state index >= 15 is 0 Å². The first-order chi connectivity index (χ1) is 17.7. The van der Waals surface area contributed by atoms with E-state index in [1.807, 2.05) is 12.1 Å². The Morgan fingerprint density at radius 1 is 0.556 bits per heavy atom. The number of anilines is 3. The van der Waals surface area contributed by atoms with Gasteiger partial charge in [0.1, 0.15) is 5.75 Å². The second-order valence-corrected chi connectivity index (χ2v) is 9.08. The van der Waals surface area contributed by atoms with Crippen molar-refractivity contribution in [3.05, 3.63) is 133 Å². The van der Waals surface area contributed by atoms with Gasteiger partial charge in [0, 0.05) is 16.9 Å². The fourth-order valence-corrected chi connectivity index (χ4v) is 5.10. The van der Waals surface area contributed by atoms with E-state index in [-0.39, 0.29) is 0 Å². The van der Waals surface area contributed by atoms with E-state index in [4.69, 9.17) is 4.74 Å². The second kappa shape index (κ2) is 9.24. The summed E-state index contributed by atoms with van der Waals surface area (Å²) in [5, 5.41) is 4.94. The van der Waals surface area contributed by atoms with Crippen molar-refractivity contribution in [1.29, 1.82) is 0 Å². The summed E-state index contributed by atoms with van der Waals surface area (Å²) < 4.78 is 5.46. The van der Waals surface area contributed by atoms with E-state index in [0.717, 1.165) is 22.8 Å². The lowest BCUT2D eigenvalue weighted by atomic mass is 9.91. The van der Waals surface area contributed by atoms with Gasteiger partial charge in [-0.25, -0.2) is 0 Å². The zero-order chi connectivity index (χ0) is 24.5. The average Bonchev–Trinajstić information content (AvgIpc) is 2.93. The van der Waals surface area contributed by atoms with Gasteiger partial charge in [-0.15, -0.1) is 0 Å². The summed E-state index contributed by atoms with van der Waals surface area (Å²) in [5.41, 5.74) is 7.02. The Balaban J connectivity index is 1.71. The maximum absolute atomic E-state index is 5.46. The van der Waals surface area contributed by atoms with Crippen molar-refractivity contribution in [2.24, 2.45) is 0 Å². The molecule has 0 heterocycles. The molecule has 0 aliphatic heterocycles. The molecule has 0 unspecified atom stereocenters. The quantitative estimate of drug-likeness (QED) is 0.251. The number of methoxy groups -OCH3 is 1. The molecule has 0 aromatic heterocycles. The van der Waals surface area contributed by atoms with Gasteiger partial charge in [-0.05, 0) is 82.1 Å². The topological polar surface area (TPSA) is 12.5 Å². The first-order valence-electron chi connectivity index (χ1n) is 12.2. The summed E-state index contributed by atoms with van der Waals surface area (Å²) in [6, 6.07) is 45.4. The first-order valence-corrected chi connectivity index (χ1v) is 12.2. The van der Waals surface area contributed by atoms with Gasteiger partial charge in [-0.2, -0.15) is 0 Å². The lowest BCUT2D eigenvalue weighted by molar-refractivity contribution is 0.415. The summed E-state index contributed by atoms with van der Waals surface area (Å²) >= 11 is 0. The van der Waals surface area contributed by atoms with Crippen LogP contribution in [0.1, 0.15) is 5.56 Å². The standard InChI is InChI=1S/C34H27NO/c1-24-9-7-13-28(23-24)35(27-18-20-29(36-2)21-19-27)33-22-17-26-11-4-6-15-31(26)34(33)32-16-8-12-25-10-3-5-14-30(25)32/h3-23H,1-2H3. The third-order valence-corrected chi connectivity index (χ3v) is 6.80. The maximum atomic E-state index is 5.46. The Kier molecular flexibility index (Phi) is 5.63. The smallest absolute Gasteiger partial charge is 0.119 e. The summed E-state index contributed by atoms with van der Waals surface area (Å²) in [7, 11) is 1.70. The summed E-state index contributed by atoms with van der Waals surface area (Å²) in [6.07, 6.45) is 0. The molecule has 0 radical (unpaired) electrons. The van der Waals surface area contributed by atoms with E-state index in [2.05, 4.69) is 127 Å². The number of ether oxygens (including phenoxy) is 1. The SMILES string of the molecule is COc1ccc(N(c2cccc(C)c2)c2ccc3ccccc3c2-c2cccc3ccccc23)cc1. The fourth-order valence-electron chi connectivity index (χ4n) is 5.10. The van der Waals surface area contributed by atoms with Crippen LogP contribution in [0.4, 0.5) is 17.1 Å². The highest BCUT2D eigenvalue weighted by molar-refractivity contribution is 6.11. The Labute approximate surface area is 212 Å². The highest BCUT2D eigenvalue weighted by Crippen LogP contribution is 2.46. The van der Waals surface area contributed by atoms with Crippen LogP contribution in [0.15, 0.2) is 127 Å². The molecule has 0 fully saturated rings. The molecule has 0 aliphatic rings. The molecule has 0 aliphatic carbocycles. The number of fused-ring (bicyclic) bond motifs is 2. The van der Waals surface area contributed by atoms with Gasteiger partial charge in [0.2, 0.25) is 0 Å². The van der Waals surface area contributed by atoms with E-state index in [9.17, 15) is 0 Å². The highest BCUT2D eigenvalue weighted by Gasteiger charge is 2.20. The molecule has 0 saturated heterocycles. The van der Waals surface area contributed by atoms with Gasteiger partial charge in [-0.3, -0.25) is 0 Å². The predicted molar refractivity (Wildman–Crippen MR) is 153 cm³/mol. The number of rotatable bonds is 5. The molecule has 0 amide bonds. The maximum Gasteiger partial charge on any atom is 0.119 e. The van der Waals surface area contributed by atoms with Crippen molar-refractivity contribution in [3.8, 4) is 16.9 Å². The molecule has 36 heavy (non-hydrogen) atoms. The lowest BCUT2D eigenvalue weighted by Crippen LogP contribution is -2.11. The van der Waals surface area contributed by atoms with Gasteiger partial charge in [-0.1, -0.05) is 84.9 Å². The molecule has 0 bridgehead atoms. The number of aryl methyl sites for hydroxylation is 1. The molecule has 6 aromatic carbocycles. The normalized spacial score (nSPS) is 11.1. The van der Waals surface area contributed by atoms with Crippen molar-refractivity contribution >= 4 is 38.6 Å². The van der Waals surface area contributed by atoms with Crippen LogP contribution in [-0.2, 0) is 0 Å². The fraction of sp³-hybridized carbons (Fsp3) is 0.0588. The third-order valence-electron chi connectivity index (χ3n) is 6.80. The minimum absolute atomic E-state index is 0.843. The molecule has 174 valence electrons. The summed E-state index contributed by atoms with van der Waals surface area (Å²) in [4.78, 5) is 2.36. The number of hydrogen-bond acceptors (Lipinski definition) is 2. The summed E-state index contributed by atoms with van der Waals surface area (Å²) in [6.45, 7) is 2.14. The van der Waals surface area contributed by atoms with Gasteiger partial charge in [0.15, 0.2) is 0 Å². The Bertz CT molecular complexity index is 1680. The van der Waals surface area contributed by atoms with E-state index in [1.165, 1.54) is 38.2 Å². The number of hydrogen-bond donors (Lipinski definition) is 0. The third kappa shape index (κ3) is 3.87. The van der Waals surface area contributed by atoms with Crippen LogP contribution < -0.4 is 9.64 Å². The zero-order valence-corrected chi connectivity index (χ0v) is 20.5. The highest BCUT2D eigenvalue weighted by atomic mass is 16.5. The van der Waals surface area contributed by atoms with Crippen LogP contribution in [0, 0.1) is 6.92 Å². The molecule has 0 saturated carbocycles. The van der Waals surface area contributed by atoms with Crippen LogP contribution in [-0.4, -0.2) is 7.11 Å². The molecule has 2 heteroatoms. The number of benzene rings is 6. The van der Waals surface area contributed by atoms with Crippen LogP contribution in [0.25, 0.3) is 32.7 Å². The molecular weight excluding hydrogens is 438 g/mol. The predicted octanol–water partition coefficient (Wildman–Crippen LogP) is 9.45. The molecule has 2 nitrogen and oxygen atoms in total. The van der Waals surface area contributed by atoms with Gasteiger partial charge in [0.25, 0.3) is 0 Å². The Morgan fingerprint density at radius 3 is 1.97 bits per heavy atom. The molecule has 0 spiro atoms. The van der Waals surface area contributed by atoms with Gasteiger partial charge >= 0.3 is 0 Å². The van der Waals surface area contributed by atoms with Crippen LogP contribution >= 0.6 is 0 Å². The van der Waals surface area contributed by atoms with Crippen molar-refractivity contribution in [2.75, 3.05) is 12.0 Å². The van der Waals surface area contributed by atoms with Crippen LogP contribution in [0.5, 0.6) is 5.75 Å². The van der Waals surface area contributed by atoms with Crippen molar-refractivity contribution < 1.29 is 4.74 Å². The van der Waals surface area contributed by atoms with Gasteiger partial charge in [0.05, 0.1) is 12.8 Å². The zero-order valence-electron chi connectivity index (χ0n) is 20.5. The minimum atomic E-state index is 0.843. The van der Waals surface area contributed by atoms with Crippen molar-refractivity contribution in [2.45, 2.75) is 6.92 Å². The van der Waals surface area contributed by atoms with Crippen molar-refractivity contribution in [3.63, 3.8) is 0 Å². The Hall–Kier alpha value is -4.56. The van der Waals surface area contributed by atoms with Crippen LogP contribution in [0.2, 0.25) is 0 Å². The molecule has 6 aromatic rings. The van der Waals surface area contributed by atoms with Gasteiger partial charge < -0.3 is 9.64 Å². The first kappa shape index (κ1) is 21.9.